The summed E-state index contributed by atoms with van der Waals surface area (Å²) in [5, 5.41) is 0.314. The number of aromatic nitrogens is 1. The third-order valence-electron chi connectivity index (χ3n) is 4.07. The molecule has 136 valence electrons. The maximum absolute atomic E-state index is 14.0. The first-order valence-corrected chi connectivity index (χ1v) is 9.97. The van der Waals surface area contributed by atoms with Gasteiger partial charge in [0, 0.05) is 12.7 Å². The Labute approximate surface area is 161 Å². The number of anilines is 1. The van der Waals surface area contributed by atoms with Gasteiger partial charge in [-0.3, -0.25) is 9.69 Å². The van der Waals surface area contributed by atoms with Crippen molar-refractivity contribution in [1.29, 1.82) is 0 Å². The molecule has 26 heavy (non-hydrogen) atoms. The number of hydrogen-bond donors (Lipinski definition) is 0. The van der Waals surface area contributed by atoms with Gasteiger partial charge in [-0.15, -0.1) is 11.3 Å². The Morgan fingerprint density at radius 1 is 1.35 bits per heavy atom. The monoisotopic (exact) mass is 414 g/mol. The Balaban J connectivity index is 1.74. The van der Waals surface area contributed by atoms with E-state index < -0.39 is 11.6 Å². The molecule has 4 rings (SSSR count). The number of benzene rings is 1. The molecule has 0 saturated carbocycles. The summed E-state index contributed by atoms with van der Waals surface area (Å²) in [6.45, 7) is 0.954. The fourth-order valence-corrected chi connectivity index (χ4v) is 4.87. The zero-order valence-electron chi connectivity index (χ0n) is 13.4. The Kier molecular flexibility index (Phi) is 4.92. The molecule has 0 bridgehead atoms. The molecule has 1 aliphatic heterocycles. The average Bonchev–Trinajstić information content (AvgIpc) is 3.32. The van der Waals surface area contributed by atoms with Crippen LogP contribution in [0.3, 0.4) is 0 Å². The molecule has 3 heterocycles. The van der Waals surface area contributed by atoms with E-state index in [1.165, 1.54) is 22.3 Å². The van der Waals surface area contributed by atoms with Crippen molar-refractivity contribution in [2.75, 3.05) is 18.1 Å². The number of hydrogen-bond acceptors (Lipinski definition) is 5. The highest BCUT2D eigenvalue weighted by Crippen LogP contribution is 2.34. The third-order valence-corrected chi connectivity index (χ3v) is 6.32. The molecule has 1 aromatic carbocycles. The Hall–Kier alpha value is -1.61. The topological polar surface area (TPSA) is 42.4 Å². The van der Waals surface area contributed by atoms with Crippen LogP contribution in [0.4, 0.5) is 13.9 Å². The van der Waals surface area contributed by atoms with Crippen molar-refractivity contribution in [3.8, 4) is 0 Å². The molecule has 0 aliphatic carbocycles. The van der Waals surface area contributed by atoms with E-state index in [0.29, 0.717) is 32.2 Å². The number of thiazole rings is 1. The molecule has 2 aromatic heterocycles. The molecule has 1 aliphatic rings. The van der Waals surface area contributed by atoms with Crippen LogP contribution in [0.1, 0.15) is 22.5 Å². The highest BCUT2D eigenvalue weighted by molar-refractivity contribution is 7.22. The second kappa shape index (κ2) is 7.19. The summed E-state index contributed by atoms with van der Waals surface area (Å²) in [4.78, 5) is 19.2. The first kappa shape index (κ1) is 17.8. The van der Waals surface area contributed by atoms with Crippen LogP contribution < -0.4 is 4.90 Å². The number of carbonyl (C=O) groups is 1. The fourth-order valence-electron chi connectivity index (χ4n) is 2.86. The Morgan fingerprint density at radius 2 is 2.19 bits per heavy atom. The number of halogens is 3. The van der Waals surface area contributed by atoms with Crippen LogP contribution >= 0.6 is 34.3 Å². The van der Waals surface area contributed by atoms with Crippen LogP contribution in [-0.2, 0) is 4.74 Å². The number of thiophene rings is 1. The van der Waals surface area contributed by atoms with E-state index >= 15 is 0 Å². The zero-order valence-corrected chi connectivity index (χ0v) is 15.8. The van der Waals surface area contributed by atoms with Crippen LogP contribution in [0.5, 0.6) is 0 Å². The van der Waals surface area contributed by atoms with Gasteiger partial charge in [-0.25, -0.2) is 13.8 Å². The number of amides is 1. The standard InChI is InChI=1S/C17H13ClF2N2O2S2/c18-14-4-3-12(25-14)16(23)22(8-10-2-1-5-24-10)17-21-15-11(20)6-9(19)7-13(15)26-17/h3-4,6-7,10H,1-2,5,8H2. The van der Waals surface area contributed by atoms with Gasteiger partial charge in [0.05, 0.1) is 26.6 Å². The molecule has 0 radical (unpaired) electrons. The molecular weight excluding hydrogens is 402 g/mol. The lowest BCUT2D eigenvalue weighted by Gasteiger charge is -2.22. The average molecular weight is 415 g/mol. The maximum atomic E-state index is 14.0. The second-order valence-electron chi connectivity index (χ2n) is 5.89. The molecule has 1 amide bonds. The number of nitrogens with zero attached hydrogens (tertiary/aromatic N) is 2. The van der Waals surface area contributed by atoms with Crippen LogP contribution in [-0.4, -0.2) is 30.1 Å². The minimum atomic E-state index is -0.744. The van der Waals surface area contributed by atoms with E-state index in [-0.39, 0.29) is 17.5 Å². The summed E-state index contributed by atoms with van der Waals surface area (Å²) in [6.07, 6.45) is 1.66. The lowest BCUT2D eigenvalue weighted by molar-refractivity contribution is 0.0920. The first-order valence-electron chi connectivity index (χ1n) is 7.95. The van der Waals surface area contributed by atoms with E-state index in [0.717, 1.165) is 30.2 Å². The molecule has 1 saturated heterocycles. The van der Waals surface area contributed by atoms with Gasteiger partial charge >= 0.3 is 0 Å². The van der Waals surface area contributed by atoms with Crippen molar-refractivity contribution in [3.63, 3.8) is 0 Å². The molecular formula is C17H13ClF2N2O2S2. The lowest BCUT2D eigenvalue weighted by atomic mass is 10.2. The smallest absolute Gasteiger partial charge is 0.270 e. The summed E-state index contributed by atoms with van der Waals surface area (Å²) in [6, 6.07) is 5.30. The van der Waals surface area contributed by atoms with Gasteiger partial charge in [-0.1, -0.05) is 22.9 Å². The van der Waals surface area contributed by atoms with E-state index in [4.69, 9.17) is 16.3 Å². The van der Waals surface area contributed by atoms with Crippen molar-refractivity contribution in [2.24, 2.45) is 0 Å². The van der Waals surface area contributed by atoms with E-state index in [9.17, 15) is 13.6 Å². The van der Waals surface area contributed by atoms with Gasteiger partial charge in [0.15, 0.2) is 10.9 Å². The van der Waals surface area contributed by atoms with Crippen molar-refractivity contribution in [2.45, 2.75) is 18.9 Å². The van der Waals surface area contributed by atoms with E-state index in [1.807, 2.05) is 0 Å². The van der Waals surface area contributed by atoms with Crippen LogP contribution in [0.2, 0.25) is 4.34 Å². The zero-order chi connectivity index (χ0) is 18.3. The SMILES string of the molecule is O=C(c1ccc(Cl)s1)N(CC1CCCO1)c1nc2c(F)cc(F)cc2s1. The number of carbonyl (C=O) groups excluding carboxylic acids is 1. The van der Waals surface area contributed by atoms with Crippen molar-refractivity contribution in [1.82, 2.24) is 4.98 Å². The number of rotatable bonds is 4. The molecule has 0 spiro atoms. The number of fused-ring (bicyclic) bond motifs is 1. The van der Waals surface area contributed by atoms with Crippen molar-refractivity contribution in [3.05, 3.63) is 45.1 Å². The molecule has 1 fully saturated rings. The summed E-state index contributed by atoms with van der Waals surface area (Å²) in [7, 11) is 0. The lowest BCUT2D eigenvalue weighted by Crippen LogP contribution is -2.37. The molecule has 1 unspecified atom stereocenters. The van der Waals surface area contributed by atoms with Gasteiger partial charge < -0.3 is 4.74 Å². The Bertz CT molecular complexity index is 969. The molecule has 1 atom stereocenters. The molecule has 3 aromatic rings. The minimum Gasteiger partial charge on any atom is -0.376 e. The van der Waals surface area contributed by atoms with E-state index in [1.54, 1.807) is 12.1 Å². The minimum absolute atomic E-state index is 0.0563. The van der Waals surface area contributed by atoms with Crippen LogP contribution in [0.25, 0.3) is 10.2 Å². The summed E-state index contributed by atoms with van der Waals surface area (Å²) in [5.74, 6) is -1.70. The quantitative estimate of drug-likeness (QED) is 0.595. The van der Waals surface area contributed by atoms with E-state index in [2.05, 4.69) is 4.98 Å². The van der Waals surface area contributed by atoms with Gasteiger partial charge in [-0.2, -0.15) is 0 Å². The van der Waals surface area contributed by atoms with Gasteiger partial charge in [0.2, 0.25) is 0 Å². The molecule has 4 nitrogen and oxygen atoms in total. The second-order valence-corrected chi connectivity index (χ2v) is 8.61. The van der Waals surface area contributed by atoms with Crippen molar-refractivity contribution < 1.29 is 18.3 Å². The van der Waals surface area contributed by atoms with Gasteiger partial charge in [0.25, 0.3) is 5.91 Å². The van der Waals surface area contributed by atoms with Crippen molar-refractivity contribution >= 4 is 55.5 Å². The first-order chi connectivity index (χ1) is 12.5. The van der Waals surface area contributed by atoms with Gasteiger partial charge in [-0.05, 0) is 31.0 Å². The summed E-state index contributed by atoms with van der Waals surface area (Å²) in [5.41, 5.74) is 0.0563. The molecule has 9 heteroatoms. The van der Waals surface area contributed by atoms with Gasteiger partial charge in [0.1, 0.15) is 11.3 Å². The predicted octanol–water partition coefficient (Wildman–Crippen LogP) is 5.12. The highest BCUT2D eigenvalue weighted by Gasteiger charge is 2.28. The predicted molar refractivity (Wildman–Crippen MR) is 99.5 cm³/mol. The summed E-state index contributed by atoms with van der Waals surface area (Å²) < 4.78 is 34.0. The van der Waals surface area contributed by atoms with Crippen LogP contribution in [0.15, 0.2) is 24.3 Å². The fraction of sp³-hybridized carbons (Fsp3) is 0.294. The largest absolute Gasteiger partial charge is 0.376 e. The Morgan fingerprint density at radius 3 is 2.88 bits per heavy atom. The highest BCUT2D eigenvalue weighted by atomic mass is 35.5. The third kappa shape index (κ3) is 3.46. The normalized spacial score (nSPS) is 17.1. The maximum Gasteiger partial charge on any atom is 0.270 e. The summed E-state index contributed by atoms with van der Waals surface area (Å²) >= 11 is 8.19. The van der Waals surface area contributed by atoms with Crippen LogP contribution in [0, 0.1) is 11.6 Å². The number of ether oxygens (including phenoxy) is 1. The molecule has 0 N–H and O–H groups in total.